The minimum atomic E-state index is 0.0707. The molecule has 1 amide bonds. The highest BCUT2D eigenvalue weighted by molar-refractivity contribution is 5.76. The molecule has 2 rings (SSSR count). The Morgan fingerprint density at radius 1 is 1.08 bits per heavy atom. The molecule has 24 heavy (non-hydrogen) atoms. The predicted molar refractivity (Wildman–Crippen MR) is 95.6 cm³/mol. The first kappa shape index (κ1) is 17.9. The second kappa shape index (κ2) is 9.60. The molecule has 128 valence electrons. The summed E-state index contributed by atoms with van der Waals surface area (Å²) in [6.45, 7) is 3.27. The number of hydrogen-bond donors (Lipinski definition) is 1. The SMILES string of the molecule is COc1ccc(CCC(=O)NCCCOc2cccc(C)c2)cc1. The number of ether oxygens (including phenoxy) is 2. The molecule has 2 aromatic carbocycles. The average molecular weight is 327 g/mol. The Hall–Kier alpha value is -2.49. The molecule has 1 N–H and O–H groups in total. The van der Waals surface area contributed by atoms with Gasteiger partial charge in [-0.15, -0.1) is 0 Å². The van der Waals surface area contributed by atoms with Gasteiger partial charge >= 0.3 is 0 Å². The summed E-state index contributed by atoms with van der Waals surface area (Å²) < 4.78 is 10.8. The molecular weight excluding hydrogens is 302 g/mol. The van der Waals surface area contributed by atoms with Crippen molar-refractivity contribution >= 4 is 5.91 Å². The topological polar surface area (TPSA) is 47.6 Å². The largest absolute Gasteiger partial charge is 0.497 e. The van der Waals surface area contributed by atoms with E-state index in [-0.39, 0.29) is 5.91 Å². The van der Waals surface area contributed by atoms with Crippen molar-refractivity contribution in [1.29, 1.82) is 0 Å². The van der Waals surface area contributed by atoms with Crippen LogP contribution in [0, 0.1) is 6.92 Å². The third-order valence-electron chi connectivity index (χ3n) is 3.70. The van der Waals surface area contributed by atoms with Crippen LogP contribution in [0.4, 0.5) is 0 Å². The van der Waals surface area contributed by atoms with E-state index in [4.69, 9.17) is 9.47 Å². The molecule has 0 unspecified atom stereocenters. The number of aryl methyl sites for hydroxylation is 2. The second-order valence-electron chi connectivity index (χ2n) is 5.72. The summed E-state index contributed by atoms with van der Waals surface area (Å²) in [7, 11) is 1.64. The van der Waals surface area contributed by atoms with Gasteiger partial charge in [-0.2, -0.15) is 0 Å². The maximum atomic E-state index is 11.8. The fourth-order valence-electron chi connectivity index (χ4n) is 2.33. The number of rotatable bonds is 9. The van der Waals surface area contributed by atoms with E-state index >= 15 is 0 Å². The summed E-state index contributed by atoms with van der Waals surface area (Å²) in [5.41, 5.74) is 2.31. The highest BCUT2D eigenvalue weighted by atomic mass is 16.5. The third kappa shape index (κ3) is 6.32. The summed E-state index contributed by atoms with van der Waals surface area (Å²) in [6, 6.07) is 15.8. The van der Waals surface area contributed by atoms with Crippen molar-refractivity contribution in [3.8, 4) is 11.5 Å². The first-order valence-corrected chi connectivity index (χ1v) is 8.26. The zero-order chi connectivity index (χ0) is 17.2. The molecule has 0 saturated carbocycles. The Labute approximate surface area is 143 Å². The van der Waals surface area contributed by atoms with Gasteiger partial charge in [0.1, 0.15) is 11.5 Å². The third-order valence-corrected chi connectivity index (χ3v) is 3.70. The highest BCUT2D eigenvalue weighted by Gasteiger charge is 2.02. The normalized spacial score (nSPS) is 10.2. The Kier molecular flexibility index (Phi) is 7.15. The Morgan fingerprint density at radius 3 is 2.58 bits per heavy atom. The maximum Gasteiger partial charge on any atom is 0.220 e. The van der Waals surface area contributed by atoms with Gasteiger partial charge in [-0.3, -0.25) is 4.79 Å². The molecule has 4 nitrogen and oxygen atoms in total. The number of nitrogens with one attached hydrogen (secondary N) is 1. The van der Waals surface area contributed by atoms with Crippen molar-refractivity contribution in [2.45, 2.75) is 26.2 Å². The lowest BCUT2D eigenvalue weighted by Gasteiger charge is -2.08. The van der Waals surface area contributed by atoms with Crippen molar-refractivity contribution in [2.24, 2.45) is 0 Å². The standard InChI is InChI=1S/C20H25NO3/c1-16-5-3-6-19(15-16)24-14-4-13-21-20(22)12-9-17-7-10-18(23-2)11-8-17/h3,5-8,10-11,15H,4,9,12-14H2,1-2H3,(H,21,22). The molecule has 0 aliphatic heterocycles. The summed E-state index contributed by atoms with van der Waals surface area (Å²) in [4.78, 5) is 11.8. The number of amides is 1. The van der Waals surface area contributed by atoms with Gasteiger partial charge in [-0.25, -0.2) is 0 Å². The lowest BCUT2D eigenvalue weighted by atomic mass is 10.1. The van der Waals surface area contributed by atoms with Gasteiger partial charge in [0.15, 0.2) is 0 Å². The molecule has 0 saturated heterocycles. The van der Waals surface area contributed by atoms with E-state index in [0.717, 1.165) is 29.9 Å². The zero-order valence-electron chi connectivity index (χ0n) is 14.4. The van der Waals surface area contributed by atoms with E-state index < -0.39 is 0 Å². The van der Waals surface area contributed by atoms with Crippen LogP contribution in [0.1, 0.15) is 24.0 Å². The number of hydrogen-bond acceptors (Lipinski definition) is 3. The lowest BCUT2D eigenvalue weighted by molar-refractivity contribution is -0.121. The highest BCUT2D eigenvalue weighted by Crippen LogP contribution is 2.13. The van der Waals surface area contributed by atoms with Gasteiger partial charge in [-0.05, 0) is 55.2 Å². The van der Waals surface area contributed by atoms with E-state index in [1.165, 1.54) is 5.56 Å². The van der Waals surface area contributed by atoms with Crippen LogP contribution in [-0.4, -0.2) is 26.2 Å². The van der Waals surface area contributed by atoms with Gasteiger partial charge in [0, 0.05) is 13.0 Å². The molecule has 0 aromatic heterocycles. The van der Waals surface area contributed by atoms with Crippen molar-refractivity contribution in [2.75, 3.05) is 20.3 Å². The quantitative estimate of drug-likeness (QED) is 0.717. The summed E-state index contributed by atoms with van der Waals surface area (Å²) in [6.07, 6.45) is 2.02. The van der Waals surface area contributed by atoms with Crippen LogP contribution in [0.15, 0.2) is 48.5 Å². The fraction of sp³-hybridized carbons (Fsp3) is 0.350. The molecule has 0 spiro atoms. The van der Waals surface area contributed by atoms with Crippen molar-refractivity contribution in [3.63, 3.8) is 0 Å². The molecule has 0 atom stereocenters. The van der Waals surface area contributed by atoms with Crippen LogP contribution in [0.3, 0.4) is 0 Å². The number of carbonyl (C=O) groups is 1. The van der Waals surface area contributed by atoms with Crippen LogP contribution in [-0.2, 0) is 11.2 Å². The fourth-order valence-corrected chi connectivity index (χ4v) is 2.33. The van der Waals surface area contributed by atoms with Crippen LogP contribution in [0.25, 0.3) is 0 Å². The summed E-state index contributed by atoms with van der Waals surface area (Å²) in [5, 5.41) is 2.93. The Morgan fingerprint density at radius 2 is 1.88 bits per heavy atom. The molecule has 0 aliphatic carbocycles. The number of benzene rings is 2. The summed E-state index contributed by atoms with van der Waals surface area (Å²) in [5.74, 6) is 1.78. The Bertz CT molecular complexity index is 638. The molecular formula is C20H25NO3. The lowest BCUT2D eigenvalue weighted by Crippen LogP contribution is -2.25. The minimum Gasteiger partial charge on any atom is -0.497 e. The van der Waals surface area contributed by atoms with Gasteiger partial charge in [-0.1, -0.05) is 24.3 Å². The molecule has 2 aromatic rings. The zero-order valence-corrected chi connectivity index (χ0v) is 14.4. The maximum absolute atomic E-state index is 11.8. The van der Waals surface area contributed by atoms with Gasteiger partial charge in [0.2, 0.25) is 5.91 Å². The first-order chi connectivity index (χ1) is 11.7. The van der Waals surface area contributed by atoms with Crippen molar-refractivity contribution in [3.05, 3.63) is 59.7 Å². The summed E-state index contributed by atoms with van der Waals surface area (Å²) >= 11 is 0. The molecule has 0 radical (unpaired) electrons. The van der Waals surface area contributed by atoms with Crippen molar-refractivity contribution < 1.29 is 14.3 Å². The molecule has 4 heteroatoms. The first-order valence-electron chi connectivity index (χ1n) is 8.26. The molecule has 0 aliphatic rings. The smallest absolute Gasteiger partial charge is 0.220 e. The predicted octanol–water partition coefficient (Wildman–Crippen LogP) is 3.52. The molecule has 0 bridgehead atoms. The monoisotopic (exact) mass is 327 g/mol. The van der Waals surface area contributed by atoms with E-state index in [1.54, 1.807) is 7.11 Å². The average Bonchev–Trinajstić information content (AvgIpc) is 2.60. The number of methoxy groups -OCH3 is 1. The Balaban J connectivity index is 1.57. The van der Waals surface area contributed by atoms with E-state index in [9.17, 15) is 4.79 Å². The number of carbonyl (C=O) groups excluding carboxylic acids is 1. The van der Waals surface area contributed by atoms with Crippen molar-refractivity contribution in [1.82, 2.24) is 5.32 Å². The molecule has 0 heterocycles. The van der Waals surface area contributed by atoms with E-state index in [1.807, 2.05) is 55.5 Å². The van der Waals surface area contributed by atoms with Gasteiger partial charge in [0.25, 0.3) is 0 Å². The van der Waals surface area contributed by atoms with Crippen LogP contribution >= 0.6 is 0 Å². The minimum absolute atomic E-state index is 0.0707. The van der Waals surface area contributed by atoms with E-state index in [0.29, 0.717) is 19.6 Å². The van der Waals surface area contributed by atoms with Crippen LogP contribution < -0.4 is 14.8 Å². The van der Waals surface area contributed by atoms with Gasteiger partial charge < -0.3 is 14.8 Å². The molecule has 0 fully saturated rings. The van der Waals surface area contributed by atoms with Gasteiger partial charge in [0.05, 0.1) is 13.7 Å². The van der Waals surface area contributed by atoms with E-state index in [2.05, 4.69) is 5.32 Å². The van der Waals surface area contributed by atoms with Crippen LogP contribution in [0.5, 0.6) is 11.5 Å². The second-order valence-corrected chi connectivity index (χ2v) is 5.72. The van der Waals surface area contributed by atoms with Crippen LogP contribution in [0.2, 0.25) is 0 Å².